The number of methoxy groups -OCH3 is 1. The number of hydrogen-bond donors (Lipinski definition) is 1. The summed E-state index contributed by atoms with van der Waals surface area (Å²) in [5.74, 6) is -0.0269. The Morgan fingerprint density at radius 2 is 2.24 bits per heavy atom. The predicted molar refractivity (Wildman–Crippen MR) is 65.4 cm³/mol. The van der Waals surface area contributed by atoms with Crippen molar-refractivity contribution >= 4 is 5.97 Å². The Hall–Kier alpha value is -1.36. The molecule has 1 rings (SSSR count). The number of rotatable bonds is 5. The van der Waals surface area contributed by atoms with E-state index in [-0.39, 0.29) is 17.9 Å². The molecule has 0 aliphatic carbocycles. The second-order valence-corrected chi connectivity index (χ2v) is 4.50. The Kier molecular flexibility index (Phi) is 4.69. The lowest BCUT2D eigenvalue weighted by molar-refractivity contribution is -0.144. The Morgan fingerprint density at radius 1 is 1.59 bits per heavy atom. The van der Waals surface area contributed by atoms with Crippen LogP contribution in [0, 0.1) is 12.8 Å². The number of nitrogens with one attached hydrogen (secondary N) is 1. The minimum atomic E-state index is -0.278. The summed E-state index contributed by atoms with van der Waals surface area (Å²) >= 11 is 0. The molecular formula is C12H21N3O2. The van der Waals surface area contributed by atoms with Crippen LogP contribution < -0.4 is 5.32 Å². The summed E-state index contributed by atoms with van der Waals surface area (Å²) in [4.78, 5) is 11.6. The molecule has 5 nitrogen and oxygen atoms in total. The molecule has 0 aliphatic rings. The number of aromatic nitrogens is 2. The monoisotopic (exact) mass is 239 g/mol. The topological polar surface area (TPSA) is 56.1 Å². The lowest BCUT2D eigenvalue weighted by Crippen LogP contribution is -2.41. The van der Waals surface area contributed by atoms with Crippen LogP contribution in [0.25, 0.3) is 0 Å². The van der Waals surface area contributed by atoms with E-state index in [9.17, 15) is 4.79 Å². The van der Waals surface area contributed by atoms with Gasteiger partial charge in [0.15, 0.2) is 0 Å². The third-order valence-electron chi connectivity index (χ3n) is 2.97. The first-order valence-corrected chi connectivity index (χ1v) is 5.76. The Morgan fingerprint density at radius 3 is 2.65 bits per heavy atom. The molecule has 1 heterocycles. The lowest BCUT2D eigenvalue weighted by atomic mass is 10.0. The zero-order valence-electron chi connectivity index (χ0n) is 11.2. The van der Waals surface area contributed by atoms with Crippen molar-refractivity contribution in [3.8, 4) is 0 Å². The Balaban J connectivity index is 2.64. The largest absolute Gasteiger partial charge is 0.468 e. The molecule has 0 fully saturated rings. The first kappa shape index (κ1) is 13.7. The molecule has 1 aromatic rings. The molecule has 0 aromatic carbocycles. The first-order valence-electron chi connectivity index (χ1n) is 5.76. The van der Waals surface area contributed by atoms with Crippen LogP contribution in [0.15, 0.2) is 6.20 Å². The maximum absolute atomic E-state index is 11.6. The third-order valence-corrected chi connectivity index (χ3v) is 2.97. The van der Waals surface area contributed by atoms with Gasteiger partial charge < -0.3 is 4.74 Å². The normalized spacial score (nSPS) is 12.8. The van der Waals surface area contributed by atoms with Crippen molar-refractivity contribution in [1.29, 1.82) is 0 Å². The second-order valence-electron chi connectivity index (χ2n) is 4.50. The fourth-order valence-corrected chi connectivity index (χ4v) is 1.66. The number of hydrogen-bond acceptors (Lipinski definition) is 4. The highest BCUT2D eigenvalue weighted by Gasteiger charge is 2.22. The number of carbonyl (C=O) groups excluding carboxylic acids is 1. The number of ether oxygens (including phenoxy) is 1. The van der Waals surface area contributed by atoms with Crippen molar-refractivity contribution < 1.29 is 9.53 Å². The quantitative estimate of drug-likeness (QED) is 0.779. The van der Waals surface area contributed by atoms with Crippen molar-refractivity contribution in [3.63, 3.8) is 0 Å². The maximum atomic E-state index is 11.6. The molecule has 0 amide bonds. The van der Waals surface area contributed by atoms with Gasteiger partial charge in [-0.2, -0.15) is 5.10 Å². The summed E-state index contributed by atoms with van der Waals surface area (Å²) in [6, 6.07) is -0.278. The van der Waals surface area contributed by atoms with E-state index in [1.165, 1.54) is 7.11 Å². The number of carbonyl (C=O) groups is 1. The molecule has 0 radical (unpaired) electrons. The second kappa shape index (κ2) is 5.82. The van der Waals surface area contributed by atoms with E-state index in [1.807, 2.05) is 38.7 Å². The molecule has 5 heteroatoms. The summed E-state index contributed by atoms with van der Waals surface area (Å²) in [5, 5.41) is 7.38. The van der Waals surface area contributed by atoms with Crippen molar-refractivity contribution in [2.45, 2.75) is 33.4 Å². The summed E-state index contributed by atoms with van der Waals surface area (Å²) in [7, 11) is 3.31. The Labute approximate surface area is 102 Å². The molecule has 1 aromatic heterocycles. The average molecular weight is 239 g/mol. The smallest absolute Gasteiger partial charge is 0.323 e. The van der Waals surface area contributed by atoms with Crippen LogP contribution in [0.1, 0.15) is 25.1 Å². The van der Waals surface area contributed by atoms with Gasteiger partial charge in [-0.3, -0.25) is 14.8 Å². The van der Waals surface area contributed by atoms with Crippen LogP contribution in [-0.4, -0.2) is 28.9 Å². The molecule has 1 atom stereocenters. The van der Waals surface area contributed by atoms with Crippen LogP contribution in [0.2, 0.25) is 0 Å². The van der Waals surface area contributed by atoms with Gasteiger partial charge in [-0.15, -0.1) is 0 Å². The van der Waals surface area contributed by atoms with E-state index in [4.69, 9.17) is 4.74 Å². The predicted octanol–water partition coefficient (Wildman–Crippen LogP) is 1.02. The van der Waals surface area contributed by atoms with E-state index in [1.54, 1.807) is 0 Å². The SMILES string of the molecule is COC(=O)C(NCc1cnn(C)c1C)C(C)C. The fourth-order valence-electron chi connectivity index (χ4n) is 1.66. The van der Waals surface area contributed by atoms with Crippen LogP contribution in [0.5, 0.6) is 0 Å². The van der Waals surface area contributed by atoms with Gasteiger partial charge >= 0.3 is 5.97 Å². The van der Waals surface area contributed by atoms with Gasteiger partial charge in [-0.1, -0.05) is 13.8 Å². The fraction of sp³-hybridized carbons (Fsp3) is 0.667. The van der Waals surface area contributed by atoms with Crippen molar-refractivity contribution in [2.24, 2.45) is 13.0 Å². The van der Waals surface area contributed by atoms with E-state index in [0.29, 0.717) is 6.54 Å². The van der Waals surface area contributed by atoms with Gasteiger partial charge in [-0.25, -0.2) is 0 Å². The molecule has 1 N–H and O–H groups in total. The highest BCUT2D eigenvalue weighted by atomic mass is 16.5. The van der Waals surface area contributed by atoms with Crippen molar-refractivity contribution in [1.82, 2.24) is 15.1 Å². The van der Waals surface area contributed by atoms with Crippen LogP contribution in [0.4, 0.5) is 0 Å². The molecule has 1 unspecified atom stereocenters. The zero-order valence-corrected chi connectivity index (χ0v) is 11.2. The van der Waals surface area contributed by atoms with Gasteiger partial charge in [0.25, 0.3) is 0 Å². The summed E-state index contributed by atoms with van der Waals surface area (Å²) in [5.41, 5.74) is 2.20. The molecule has 17 heavy (non-hydrogen) atoms. The number of esters is 1. The van der Waals surface area contributed by atoms with Gasteiger partial charge in [0.2, 0.25) is 0 Å². The van der Waals surface area contributed by atoms with Crippen LogP contribution in [-0.2, 0) is 23.1 Å². The van der Waals surface area contributed by atoms with Crippen LogP contribution in [0.3, 0.4) is 0 Å². The molecule has 0 spiro atoms. The van der Waals surface area contributed by atoms with Gasteiger partial charge in [0, 0.05) is 24.8 Å². The van der Waals surface area contributed by atoms with E-state index in [0.717, 1.165) is 11.3 Å². The summed E-state index contributed by atoms with van der Waals surface area (Å²) in [6.07, 6.45) is 1.82. The van der Waals surface area contributed by atoms with Gasteiger partial charge in [0.05, 0.1) is 13.3 Å². The van der Waals surface area contributed by atoms with Crippen LogP contribution >= 0.6 is 0 Å². The highest BCUT2D eigenvalue weighted by Crippen LogP contribution is 2.08. The van der Waals surface area contributed by atoms with Gasteiger partial charge in [0.1, 0.15) is 6.04 Å². The summed E-state index contributed by atoms with van der Waals surface area (Å²) < 4.78 is 6.59. The third kappa shape index (κ3) is 3.30. The van der Waals surface area contributed by atoms with Crippen molar-refractivity contribution in [2.75, 3.05) is 7.11 Å². The summed E-state index contributed by atoms with van der Waals surface area (Å²) in [6.45, 7) is 6.61. The molecular weight excluding hydrogens is 218 g/mol. The minimum absolute atomic E-state index is 0.194. The van der Waals surface area contributed by atoms with Crippen molar-refractivity contribution in [3.05, 3.63) is 17.5 Å². The number of nitrogens with zero attached hydrogens (tertiary/aromatic N) is 2. The maximum Gasteiger partial charge on any atom is 0.323 e. The molecule has 96 valence electrons. The van der Waals surface area contributed by atoms with Gasteiger partial charge in [-0.05, 0) is 12.8 Å². The van der Waals surface area contributed by atoms with E-state index < -0.39 is 0 Å². The highest BCUT2D eigenvalue weighted by molar-refractivity contribution is 5.75. The van der Waals surface area contributed by atoms with E-state index in [2.05, 4.69) is 10.4 Å². The minimum Gasteiger partial charge on any atom is -0.468 e. The molecule has 0 bridgehead atoms. The standard InChI is InChI=1S/C12H21N3O2/c1-8(2)11(12(16)17-5)13-6-10-7-14-15(4)9(10)3/h7-8,11,13H,6H2,1-5H3. The lowest BCUT2D eigenvalue weighted by Gasteiger charge is -2.19. The van der Waals surface area contributed by atoms with E-state index >= 15 is 0 Å². The molecule has 0 saturated heterocycles. The average Bonchev–Trinajstić information content (AvgIpc) is 2.60. The zero-order chi connectivity index (χ0) is 13.0. The Bertz CT molecular complexity index is 385. The molecule has 0 aliphatic heterocycles. The first-order chi connectivity index (χ1) is 7.97. The number of aryl methyl sites for hydroxylation is 1. The molecule has 0 saturated carbocycles.